The molecule has 0 bridgehead atoms. The van der Waals surface area contributed by atoms with Crippen LogP contribution in [-0.2, 0) is 6.42 Å². The molecular formula is C19H23FN2O3. The van der Waals surface area contributed by atoms with Gasteiger partial charge in [-0.3, -0.25) is 4.79 Å². The molecule has 2 heterocycles. The Morgan fingerprint density at radius 1 is 1.40 bits per heavy atom. The van der Waals surface area contributed by atoms with Crippen molar-refractivity contribution in [1.82, 2.24) is 10.1 Å². The Kier molecular flexibility index (Phi) is 5.36. The van der Waals surface area contributed by atoms with Gasteiger partial charge in [-0.25, -0.2) is 4.39 Å². The summed E-state index contributed by atoms with van der Waals surface area (Å²) in [6.07, 6.45) is 2.62. The van der Waals surface area contributed by atoms with Gasteiger partial charge < -0.3 is 14.2 Å². The maximum absolute atomic E-state index is 12.9. The number of carbonyl (C=O) groups excluding carboxylic acids is 1. The number of aromatic nitrogens is 1. The first-order valence-corrected chi connectivity index (χ1v) is 8.71. The van der Waals surface area contributed by atoms with Crippen LogP contribution in [0.15, 0.2) is 28.8 Å². The molecule has 1 aliphatic rings. The fourth-order valence-corrected chi connectivity index (χ4v) is 3.22. The molecule has 134 valence electrons. The number of aryl methyl sites for hydroxylation is 2. The van der Waals surface area contributed by atoms with Crippen LogP contribution in [-0.4, -0.2) is 35.7 Å². The highest BCUT2D eigenvalue weighted by Crippen LogP contribution is 2.23. The molecule has 6 heteroatoms. The van der Waals surface area contributed by atoms with E-state index in [1.54, 1.807) is 19.1 Å². The molecular weight excluding hydrogens is 323 g/mol. The summed E-state index contributed by atoms with van der Waals surface area (Å²) in [5.74, 6) is 1.19. The molecule has 1 aromatic carbocycles. The lowest BCUT2D eigenvalue weighted by Crippen LogP contribution is -2.42. The van der Waals surface area contributed by atoms with Crippen molar-refractivity contribution in [3.8, 4) is 5.75 Å². The van der Waals surface area contributed by atoms with Gasteiger partial charge >= 0.3 is 0 Å². The van der Waals surface area contributed by atoms with Crippen molar-refractivity contribution in [2.24, 2.45) is 5.92 Å². The maximum Gasteiger partial charge on any atom is 0.259 e. The minimum atomic E-state index is -0.280. The summed E-state index contributed by atoms with van der Waals surface area (Å²) in [6, 6.07) is 6.00. The maximum atomic E-state index is 12.9. The highest BCUT2D eigenvalue weighted by Gasteiger charge is 2.29. The van der Waals surface area contributed by atoms with Gasteiger partial charge in [0.05, 0.1) is 12.3 Å². The third kappa shape index (κ3) is 4.00. The Hall–Kier alpha value is -2.37. The van der Waals surface area contributed by atoms with Gasteiger partial charge in [-0.05, 0) is 50.5 Å². The monoisotopic (exact) mass is 346 g/mol. The molecule has 25 heavy (non-hydrogen) atoms. The van der Waals surface area contributed by atoms with Crippen LogP contribution in [0.4, 0.5) is 4.39 Å². The van der Waals surface area contributed by atoms with Gasteiger partial charge in [0.15, 0.2) is 0 Å². The van der Waals surface area contributed by atoms with Gasteiger partial charge in [-0.1, -0.05) is 12.1 Å². The molecule has 1 aromatic heterocycles. The fourth-order valence-electron chi connectivity index (χ4n) is 3.22. The van der Waals surface area contributed by atoms with Crippen molar-refractivity contribution >= 4 is 5.91 Å². The van der Waals surface area contributed by atoms with Gasteiger partial charge in [-0.15, -0.1) is 0 Å². The van der Waals surface area contributed by atoms with E-state index in [0.717, 1.165) is 19.4 Å². The summed E-state index contributed by atoms with van der Waals surface area (Å²) in [6.45, 7) is 5.63. The van der Waals surface area contributed by atoms with Gasteiger partial charge in [0, 0.05) is 19.0 Å². The standard InChI is InChI=1S/C19H23FN2O3/c1-3-17-18(13(2)25-21-17)19(23)22-10-4-5-14(11-22)12-24-16-8-6-15(20)7-9-16/h6-9,14H,3-5,10-12H2,1-2H3/t14-/m0/s1. The molecule has 0 saturated carbocycles. The molecule has 0 spiro atoms. The van der Waals surface area contributed by atoms with Crippen LogP contribution in [0.5, 0.6) is 5.75 Å². The Labute approximate surface area is 146 Å². The van der Waals surface area contributed by atoms with Gasteiger partial charge in [0.1, 0.15) is 22.9 Å². The third-order valence-electron chi connectivity index (χ3n) is 4.59. The quantitative estimate of drug-likeness (QED) is 0.830. The predicted molar refractivity (Wildman–Crippen MR) is 91.1 cm³/mol. The number of halogens is 1. The molecule has 2 aromatic rings. The summed E-state index contributed by atoms with van der Waals surface area (Å²) in [5.41, 5.74) is 1.31. The van der Waals surface area contributed by atoms with Crippen LogP contribution in [0.1, 0.15) is 41.6 Å². The summed E-state index contributed by atoms with van der Waals surface area (Å²) >= 11 is 0. The van der Waals surface area contributed by atoms with E-state index < -0.39 is 0 Å². The summed E-state index contributed by atoms with van der Waals surface area (Å²) in [4.78, 5) is 14.7. The number of amides is 1. The number of nitrogens with zero attached hydrogens (tertiary/aromatic N) is 2. The number of carbonyl (C=O) groups is 1. The lowest BCUT2D eigenvalue weighted by Gasteiger charge is -2.32. The zero-order chi connectivity index (χ0) is 17.8. The molecule has 1 amide bonds. The Balaban J connectivity index is 1.61. The lowest BCUT2D eigenvalue weighted by atomic mass is 9.98. The van der Waals surface area contributed by atoms with Crippen LogP contribution < -0.4 is 4.74 Å². The van der Waals surface area contributed by atoms with Gasteiger partial charge in [0.2, 0.25) is 0 Å². The molecule has 0 unspecified atom stereocenters. The second kappa shape index (κ2) is 7.68. The van der Waals surface area contributed by atoms with Crippen molar-refractivity contribution in [2.75, 3.05) is 19.7 Å². The normalized spacial score (nSPS) is 17.6. The Morgan fingerprint density at radius 2 is 2.16 bits per heavy atom. The Bertz CT molecular complexity index is 727. The minimum Gasteiger partial charge on any atom is -0.493 e. The average Bonchev–Trinajstić information content (AvgIpc) is 3.01. The van der Waals surface area contributed by atoms with Crippen LogP contribution in [0.3, 0.4) is 0 Å². The lowest BCUT2D eigenvalue weighted by molar-refractivity contribution is 0.0630. The van der Waals surface area contributed by atoms with Crippen LogP contribution in [0, 0.1) is 18.7 Å². The van der Waals surface area contributed by atoms with Crippen molar-refractivity contribution in [1.29, 1.82) is 0 Å². The number of hydrogen-bond donors (Lipinski definition) is 0. The van der Waals surface area contributed by atoms with E-state index in [4.69, 9.17) is 9.26 Å². The van der Waals surface area contributed by atoms with E-state index in [9.17, 15) is 9.18 Å². The predicted octanol–water partition coefficient (Wildman–Crippen LogP) is 3.62. The molecule has 1 atom stereocenters. The van der Waals surface area contributed by atoms with Crippen molar-refractivity contribution in [3.63, 3.8) is 0 Å². The van der Waals surface area contributed by atoms with Crippen LogP contribution in [0.25, 0.3) is 0 Å². The molecule has 0 N–H and O–H groups in total. The number of ether oxygens (including phenoxy) is 1. The van der Waals surface area contributed by atoms with Crippen molar-refractivity contribution < 1.29 is 18.4 Å². The fraction of sp³-hybridized carbons (Fsp3) is 0.474. The van der Waals surface area contributed by atoms with E-state index in [2.05, 4.69) is 5.16 Å². The number of likely N-dealkylation sites (tertiary alicyclic amines) is 1. The molecule has 1 saturated heterocycles. The van der Waals surface area contributed by atoms with Crippen molar-refractivity contribution in [3.05, 3.63) is 47.1 Å². The first-order chi connectivity index (χ1) is 12.1. The number of rotatable bonds is 5. The van der Waals surface area contributed by atoms with E-state index in [1.165, 1.54) is 12.1 Å². The zero-order valence-corrected chi connectivity index (χ0v) is 14.6. The smallest absolute Gasteiger partial charge is 0.259 e. The average molecular weight is 346 g/mol. The molecule has 1 fully saturated rings. The summed E-state index contributed by atoms with van der Waals surface area (Å²) < 4.78 is 23.9. The molecule has 0 radical (unpaired) electrons. The number of benzene rings is 1. The molecule has 5 nitrogen and oxygen atoms in total. The first kappa shape index (κ1) is 17.5. The topological polar surface area (TPSA) is 55.6 Å². The van der Waals surface area contributed by atoms with Crippen molar-refractivity contribution in [2.45, 2.75) is 33.1 Å². The third-order valence-corrected chi connectivity index (χ3v) is 4.59. The Morgan fingerprint density at radius 3 is 2.88 bits per heavy atom. The highest BCUT2D eigenvalue weighted by atomic mass is 19.1. The van der Waals surface area contributed by atoms with Crippen LogP contribution in [0.2, 0.25) is 0 Å². The zero-order valence-electron chi connectivity index (χ0n) is 14.6. The van der Waals surface area contributed by atoms with Gasteiger partial charge in [0.25, 0.3) is 5.91 Å². The number of piperidine rings is 1. The van der Waals surface area contributed by atoms with E-state index in [-0.39, 0.29) is 17.6 Å². The SMILES string of the molecule is CCc1noc(C)c1C(=O)N1CCC[C@H](COc2ccc(F)cc2)C1. The number of hydrogen-bond acceptors (Lipinski definition) is 4. The largest absolute Gasteiger partial charge is 0.493 e. The molecule has 0 aliphatic carbocycles. The first-order valence-electron chi connectivity index (χ1n) is 8.71. The van der Waals surface area contributed by atoms with Crippen LogP contribution >= 0.6 is 0 Å². The summed E-state index contributed by atoms with van der Waals surface area (Å²) in [5, 5.41) is 3.97. The van der Waals surface area contributed by atoms with E-state index in [0.29, 0.717) is 42.3 Å². The highest BCUT2D eigenvalue weighted by molar-refractivity contribution is 5.96. The molecule has 3 rings (SSSR count). The van der Waals surface area contributed by atoms with E-state index in [1.807, 2.05) is 11.8 Å². The van der Waals surface area contributed by atoms with E-state index >= 15 is 0 Å². The second-order valence-electron chi connectivity index (χ2n) is 6.44. The molecule has 1 aliphatic heterocycles. The second-order valence-corrected chi connectivity index (χ2v) is 6.44. The minimum absolute atomic E-state index is 0.0120. The summed E-state index contributed by atoms with van der Waals surface area (Å²) in [7, 11) is 0. The van der Waals surface area contributed by atoms with Gasteiger partial charge in [-0.2, -0.15) is 0 Å².